The number of halogens is 1. The Morgan fingerprint density at radius 2 is 1.85 bits per heavy atom. The monoisotopic (exact) mass is 363 g/mol. The summed E-state index contributed by atoms with van der Waals surface area (Å²) in [6.45, 7) is 7.44. The van der Waals surface area contributed by atoms with Crippen LogP contribution in [-0.2, 0) is 16.6 Å². The van der Waals surface area contributed by atoms with Crippen LogP contribution in [0.15, 0.2) is 21.5 Å². The van der Waals surface area contributed by atoms with Crippen LogP contribution in [0.25, 0.3) is 0 Å². The van der Waals surface area contributed by atoms with Gasteiger partial charge in [0, 0.05) is 17.6 Å². The second-order valence-corrected chi connectivity index (χ2v) is 8.19. The largest absolute Gasteiger partial charge is 0.392 e. The Hall–Kier alpha value is -0.430. The number of aliphatic hydroxyl groups is 1. The first-order chi connectivity index (χ1) is 9.12. The molecule has 0 aliphatic rings. The van der Waals surface area contributed by atoms with E-state index in [1.54, 1.807) is 26.1 Å². The molecule has 4 nitrogen and oxygen atoms in total. The summed E-state index contributed by atoms with van der Waals surface area (Å²) in [5.41, 5.74) is 1.23. The van der Waals surface area contributed by atoms with Crippen LogP contribution in [0.3, 0.4) is 0 Å². The maximum atomic E-state index is 12.7. The standard InChI is InChI=1S/C14H22BrNO3S/c1-9(2)11(4)16(5)20(18,19)14-7-12(8-17)6-13(15)10(14)3/h6-7,9,11,17H,8H2,1-5H3. The molecule has 0 saturated heterocycles. The van der Waals surface area contributed by atoms with Gasteiger partial charge in [-0.2, -0.15) is 4.31 Å². The molecular formula is C14H22BrNO3S. The predicted molar refractivity (Wildman–Crippen MR) is 84.1 cm³/mol. The fraction of sp³-hybridized carbons (Fsp3) is 0.571. The van der Waals surface area contributed by atoms with Gasteiger partial charge in [0.05, 0.1) is 11.5 Å². The zero-order valence-corrected chi connectivity index (χ0v) is 14.9. The summed E-state index contributed by atoms with van der Waals surface area (Å²) in [6, 6.07) is 3.18. The highest BCUT2D eigenvalue weighted by Crippen LogP contribution is 2.29. The number of hydrogen-bond donors (Lipinski definition) is 1. The van der Waals surface area contributed by atoms with Crippen LogP contribution in [0.1, 0.15) is 31.9 Å². The number of rotatable bonds is 5. The Bertz CT molecular complexity index is 584. The highest BCUT2D eigenvalue weighted by atomic mass is 79.9. The van der Waals surface area contributed by atoms with Crippen molar-refractivity contribution in [3.05, 3.63) is 27.7 Å². The number of nitrogens with zero attached hydrogens (tertiary/aromatic N) is 1. The van der Waals surface area contributed by atoms with Gasteiger partial charge in [-0.15, -0.1) is 0 Å². The Morgan fingerprint density at radius 3 is 2.30 bits per heavy atom. The average Bonchev–Trinajstić information content (AvgIpc) is 2.39. The summed E-state index contributed by atoms with van der Waals surface area (Å²) in [4.78, 5) is 0.242. The minimum atomic E-state index is -3.58. The van der Waals surface area contributed by atoms with Crippen LogP contribution in [0.4, 0.5) is 0 Å². The van der Waals surface area contributed by atoms with Crippen molar-refractivity contribution in [2.45, 2.75) is 45.2 Å². The van der Waals surface area contributed by atoms with Crippen LogP contribution in [0, 0.1) is 12.8 Å². The van der Waals surface area contributed by atoms with Gasteiger partial charge in [0.25, 0.3) is 0 Å². The first-order valence-corrected chi connectivity index (χ1v) is 8.74. The first kappa shape index (κ1) is 17.6. The molecule has 1 N–H and O–H groups in total. The quantitative estimate of drug-likeness (QED) is 0.874. The molecule has 1 rings (SSSR count). The average molecular weight is 364 g/mol. The molecule has 1 aromatic rings. The van der Waals surface area contributed by atoms with Crippen LogP contribution in [-0.4, -0.2) is 30.9 Å². The summed E-state index contributed by atoms with van der Waals surface area (Å²) < 4.78 is 27.6. The minimum absolute atomic E-state index is 0.101. The summed E-state index contributed by atoms with van der Waals surface area (Å²) >= 11 is 3.35. The Kier molecular flexibility index (Phi) is 5.78. The molecule has 0 radical (unpaired) electrons. The van der Waals surface area contributed by atoms with Gasteiger partial charge >= 0.3 is 0 Å². The second-order valence-electron chi connectivity index (χ2n) is 5.36. The molecule has 6 heteroatoms. The normalized spacial score (nSPS) is 14.1. The number of aliphatic hydroxyl groups excluding tert-OH is 1. The molecule has 0 bridgehead atoms. The van der Waals surface area contributed by atoms with Crippen molar-refractivity contribution >= 4 is 26.0 Å². The van der Waals surface area contributed by atoms with Gasteiger partial charge in [-0.05, 0) is 43.0 Å². The van der Waals surface area contributed by atoms with Crippen molar-refractivity contribution < 1.29 is 13.5 Å². The SMILES string of the molecule is Cc1c(Br)cc(CO)cc1S(=O)(=O)N(C)C(C)C(C)C. The Morgan fingerprint density at radius 1 is 1.30 bits per heavy atom. The number of sulfonamides is 1. The van der Waals surface area contributed by atoms with Gasteiger partial charge in [-0.1, -0.05) is 29.8 Å². The van der Waals surface area contributed by atoms with E-state index in [1.165, 1.54) is 4.31 Å². The van der Waals surface area contributed by atoms with E-state index >= 15 is 0 Å². The van der Waals surface area contributed by atoms with Gasteiger partial charge in [0.15, 0.2) is 0 Å². The molecule has 0 heterocycles. The molecule has 0 spiro atoms. The lowest BCUT2D eigenvalue weighted by Gasteiger charge is -2.28. The lowest BCUT2D eigenvalue weighted by atomic mass is 10.1. The molecule has 20 heavy (non-hydrogen) atoms. The Labute approximate surface area is 130 Å². The molecule has 0 amide bonds. The molecule has 114 valence electrons. The van der Waals surface area contributed by atoms with Crippen LogP contribution in [0.2, 0.25) is 0 Å². The predicted octanol–water partition coefficient (Wildman–Crippen LogP) is 2.91. The van der Waals surface area contributed by atoms with E-state index in [0.717, 1.165) is 0 Å². The van der Waals surface area contributed by atoms with Gasteiger partial charge in [-0.3, -0.25) is 0 Å². The van der Waals surface area contributed by atoms with Gasteiger partial charge in [0.2, 0.25) is 10.0 Å². The maximum Gasteiger partial charge on any atom is 0.243 e. The van der Waals surface area contributed by atoms with Crippen LogP contribution < -0.4 is 0 Å². The third-order valence-corrected chi connectivity index (χ3v) is 6.63. The van der Waals surface area contributed by atoms with Crippen LogP contribution in [0.5, 0.6) is 0 Å². The molecule has 1 aromatic carbocycles. The van der Waals surface area contributed by atoms with Gasteiger partial charge in [-0.25, -0.2) is 8.42 Å². The molecule has 0 saturated carbocycles. The first-order valence-electron chi connectivity index (χ1n) is 6.50. The fourth-order valence-corrected chi connectivity index (χ4v) is 4.29. The van der Waals surface area contributed by atoms with Crippen molar-refractivity contribution in [2.75, 3.05) is 7.05 Å². The zero-order valence-electron chi connectivity index (χ0n) is 12.5. The molecule has 1 atom stereocenters. The Balaban J connectivity index is 3.39. The van der Waals surface area contributed by atoms with Crippen LogP contribution >= 0.6 is 15.9 Å². The highest BCUT2D eigenvalue weighted by molar-refractivity contribution is 9.10. The van der Waals surface area contributed by atoms with E-state index in [-0.39, 0.29) is 23.5 Å². The molecule has 1 unspecified atom stereocenters. The summed E-state index contributed by atoms with van der Waals surface area (Å²) in [7, 11) is -1.98. The second kappa shape index (κ2) is 6.56. The zero-order chi connectivity index (χ0) is 15.7. The summed E-state index contributed by atoms with van der Waals surface area (Å²) in [5.74, 6) is 0.222. The van der Waals surface area contributed by atoms with E-state index in [4.69, 9.17) is 0 Å². The molecular weight excluding hydrogens is 342 g/mol. The number of benzene rings is 1. The van der Waals surface area contributed by atoms with Crippen molar-refractivity contribution in [3.63, 3.8) is 0 Å². The molecule has 0 fully saturated rings. The van der Waals surface area contributed by atoms with Crippen molar-refractivity contribution in [2.24, 2.45) is 5.92 Å². The number of hydrogen-bond acceptors (Lipinski definition) is 3. The van der Waals surface area contributed by atoms with Gasteiger partial charge < -0.3 is 5.11 Å². The van der Waals surface area contributed by atoms with E-state index in [2.05, 4.69) is 15.9 Å². The summed E-state index contributed by atoms with van der Waals surface area (Å²) in [6.07, 6.45) is 0. The lowest BCUT2D eigenvalue weighted by molar-refractivity contribution is 0.281. The minimum Gasteiger partial charge on any atom is -0.392 e. The molecule has 0 aromatic heterocycles. The third kappa shape index (κ3) is 3.42. The topological polar surface area (TPSA) is 57.6 Å². The van der Waals surface area contributed by atoms with Crippen molar-refractivity contribution in [3.8, 4) is 0 Å². The smallest absolute Gasteiger partial charge is 0.243 e. The maximum absolute atomic E-state index is 12.7. The molecule has 0 aliphatic carbocycles. The van der Waals surface area contributed by atoms with E-state index in [1.807, 2.05) is 20.8 Å². The molecule has 0 aliphatic heterocycles. The lowest BCUT2D eigenvalue weighted by Crippen LogP contribution is -2.38. The highest BCUT2D eigenvalue weighted by Gasteiger charge is 2.29. The van der Waals surface area contributed by atoms with E-state index in [0.29, 0.717) is 15.6 Å². The van der Waals surface area contributed by atoms with Gasteiger partial charge in [0.1, 0.15) is 0 Å². The van der Waals surface area contributed by atoms with E-state index in [9.17, 15) is 13.5 Å². The van der Waals surface area contributed by atoms with E-state index < -0.39 is 10.0 Å². The third-order valence-electron chi connectivity index (χ3n) is 3.73. The van der Waals surface area contributed by atoms with Crippen molar-refractivity contribution in [1.82, 2.24) is 4.31 Å². The summed E-state index contributed by atoms with van der Waals surface area (Å²) in [5, 5.41) is 9.25. The fourth-order valence-electron chi connectivity index (χ4n) is 1.86. The van der Waals surface area contributed by atoms with Crippen molar-refractivity contribution in [1.29, 1.82) is 0 Å².